The molecule has 0 heterocycles. The Morgan fingerprint density at radius 3 is 2.47 bits per heavy atom. The first kappa shape index (κ1) is 11.9. The number of amides is 2. The zero-order chi connectivity index (χ0) is 11.3. The first-order chi connectivity index (χ1) is 7.17. The van der Waals surface area contributed by atoms with E-state index in [1.54, 1.807) is 18.8 Å². The van der Waals surface area contributed by atoms with E-state index in [0.717, 1.165) is 15.6 Å². The number of benzene rings is 1. The average molecular weight is 226 g/mol. The Morgan fingerprint density at radius 2 is 2.00 bits per heavy atom. The predicted octanol–water partition coefficient (Wildman–Crippen LogP) is 2.43. The van der Waals surface area contributed by atoms with Gasteiger partial charge in [0.1, 0.15) is 0 Å². The Labute approximate surface area is 93.6 Å². The number of rotatable bonds is 3. The summed E-state index contributed by atoms with van der Waals surface area (Å²) in [6, 6.07) is 7.31. The molecule has 0 unspecified atom stereocenters. The van der Waals surface area contributed by atoms with Crippen LogP contribution in [0.5, 0.6) is 0 Å². The van der Waals surface area contributed by atoms with Gasteiger partial charge in [-0.15, -0.1) is 11.8 Å². The van der Waals surface area contributed by atoms with E-state index >= 15 is 0 Å². The van der Waals surface area contributed by atoms with Crippen LogP contribution in [0.15, 0.2) is 29.2 Å². The molecule has 2 amide bonds. The minimum absolute atomic E-state index is 0.297. The lowest BCUT2D eigenvalue weighted by Crippen LogP contribution is -2.30. The Balaban J connectivity index is 2.61. The van der Waals surface area contributed by atoms with E-state index in [1.165, 1.54) is 7.11 Å². The number of carbonyl (C=O) groups is 1. The van der Waals surface area contributed by atoms with Gasteiger partial charge in [-0.1, -0.05) is 0 Å². The molecule has 0 aliphatic carbocycles. The topological polar surface area (TPSA) is 41.6 Å². The first-order valence-electron chi connectivity index (χ1n) is 4.40. The lowest BCUT2D eigenvalue weighted by molar-refractivity contribution is -0.0598. The highest BCUT2D eigenvalue weighted by Crippen LogP contribution is 2.17. The molecule has 1 N–H and O–H groups in total. The predicted molar refractivity (Wildman–Crippen MR) is 62.0 cm³/mol. The van der Waals surface area contributed by atoms with Crippen LogP contribution in [-0.4, -0.2) is 31.5 Å². The molecule has 0 aromatic heterocycles. The molecule has 0 saturated heterocycles. The molecule has 5 heteroatoms. The summed E-state index contributed by atoms with van der Waals surface area (Å²) in [4.78, 5) is 17.3. The number of nitrogens with zero attached hydrogens (tertiary/aromatic N) is 1. The summed E-state index contributed by atoms with van der Waals surface area (Å²) in [7, 11) is 2.99. The van der Waals surface area contributed by atoms with Crippen LogP contribution >= 0.6 is 11.8 Å². The van der Waals surface area contributed by atoms with Crippen LogP contribution in [-0.2, 0) is 4.84 Å². The van der Waals surface area contributed by atoms with Crippen LogP contribution in [0, 0.1) is 0 Å². The van der Waals surface area contributed by atoms with Gasteiger partial charge in [-0.2, -0.15) is 0 Å². The molecule has 15 heavy (non-hydrogen) atoms. The zero-order valence-electron chi connectivity index (χ0n) is 8.98. The third-order valence-electron chi connectivity index (χ3n) is 1.90. The fourth-order valence-electron chi connectivity index (χ4n) is 0.959. The number of anilines is 1. The zero-order valence-corrected chi connectivity index (χ0v) is 9.80. The fourth-order valence-corrected chi connectivity index (χ4v) is 1.37. The van der Waals surface area contributed by atoms with Crippen molar-refractivity contribution in [1.29, 1.82) is 0 Å². The monoisotopic (exact) mass is 226 g/mol. The standard InChI is InChI=1S/C10H14N2O2S/c1-12(14-2)10(13)11-8-4-6-9(15-3)7-5-8/h4-7H,1-3H3,(H,11,13). The maximum Gasteiger partial charge on any atom is 0.345 e. The van der Waals surface area contributed by atoms with E-state index in [0.29, 0.717) is 0 Å². The Bertz CT molecular complexity index is 327. The summed E-state index contributed by atoms with van der Waals surface area (Å²) in [5.41, 5.74) is 0.752. The lowest BCUT2D eigenvalue weighted by atomic mass is 10.3. The molecule has 1 rings (SSSR count). The Kier molecular flexibility index (Phi) is 4.45. The fraction of sp³-hybridized carbons (Fsp3) is 0.300. The Hall–Kier alpha value is -1.20. The molecule has 1 aromatic carbocycles. The van der Waals surface area contributed by atoms with Gasteiger partial charge in [-0.3, -0.25) is 4.84 Å². The van der Waals surface area contributed by atoms with Gasteiger partial charge in [0.05, 0.1) is 7.11 Å². The average Bonchev–Trinajstić information content (AvgIpc) is 2.29. The summed E-state index contributed by atoms with van der Waals surface area (Å²) < 4.78 is 0. The molecular formula is C10H14N2O2S. The van der Waals surface area contributed by atoms with Crippen LogP contribution in [0.3, 0.4) is 0 Å². The number of hydrogen-bond donors (Lipinski definition) is 1. The third kappa shape index (κ3) is 3.45. The van der Waals surface area contributed by atoms with Gasteiger partial charge in [0.15, 0.2) is 0 Å². The van der Waals surface area contributed by atoms with Crippen molar-refractivity contribution in [2.24, 2.45) is 0 Å². The molecule has 82 valence electrons. The molecule has 0 fully saturated rings. The molecule has 0 radical (unpaired) electrons. The smallest absolute Gasteiger partial charge is 0.306 e. The highest BCUT2D eigenvalue weighted by atomic mass is 32.2. The molecule has 0 atom stereocenters. The molecule has 0 aliphatic heterocycles. The van der Waals surface area contributed by atoms with Gasteiger partial charge in [0, 0.05) is 17.6 Å². The number of urea groups is 1. The SMILES string of the molecule is CON(C)C(=O)Nc1ccc(SC)cc1. The van der Waals surface area contributed by atoms with Gasteiger partial charge in [0.25, 0.3) is 0 Å². The van der Waals surface area contributed by atoms with E-state index in [4.69, 9.17) is 4.84 Å². The summed E-state index contributed by atoms with van der Waals surface area (Å²) in [5, 5.41) is 3.82. The molecule has 0 bridgehead atoms. The van der Waals surface area contributed by atoms with Crippen molar-refractivity contribution in [3.63, 3.8) is 0 Å². The van der Waals surface area contributed by atoms with Crippen LogP contribution in [0.2, 0.25) is 0 Å². The van der Waals surface area contributed by atoms with E-state index in [9.17, 15) is 4.79 Å². The van der Waals surface area contributed by atoms with E-state index in [-0.39, 0.29) is 6.03 Å². The maximum absolute atomic E-state index is 11.4. The normalized spacial score (nSPS) is 9.80. The van der Waals surface area contributed by atoms with Crippen molar-refractivity contribution >= 4 is 23.5 Å². The first-order valence-corrected chi connectivity index (χ1v) is 5.62. The molecular weight excluding hydrogens is 212 g/mol. The number of hydrogen-bond acceptors (Lipinski definition) is 3. The van der Waals surface area contributed by atoms with E-state index < -0.39 is 0 Å². The second kappa shape index (κ2) is 5.63. The minimum Gasteiger partial charge on any atom is -0.306 e. The second-order valence-electron chi connectivity index (χ2n) is 2.84. The molecule has 1 aromatic rings. The summed E-state index contributed by atoms with van der Waals surface area (Å²) in [6.45, 7) is 0. The largest absolute Gasteiger partial charge is 0.345 e. The molecule has 4 nitrogen and oxygen atoms in total. The number of hydroxylamine groups is 2. The van der Waals surface area contributed by atoms with Crippen molar-refractivity contribution in [3.05, 3.63) is 24.3 Å². The third-order valence-corrected chi connectivity index (χ3v) is 2.64. The van der Waals surface area contributed by atoms with Crippen LogP contribution in [0.25, 0.3) is 0 Å². The number of carbonyl (C=O) groups excluding carboxylic acids is 1. The lowest BCUT2D eigenvalue weighted by Gasteiger charge is -2.14. The van der Waals surface area contributed by atoms with Gasteiger partial charge < -0.3 is 5.32 Å². The van der Waals surface area contributed by atoms with E-state index in [1.807, 2.05) is 30.5 Å². The number of nitrogens with one attached hydrogen (secondary N) is 1. The van der Waals surface area contributed by atoms with Gasteiger partial charge in [0.2, 0.25) is 0 Å². The maximum atomic E-state index is 11.4. The van der Waals surface area contributed by atoms with Crippen molar-refractivity contribution in [3.8, 4) is 0 Å². The van der Waals surface area contributed by atoms with E-state index in [2.05, 4.69) is 5.32 Å². The van der Waals surface area contributed by atoms with Crippen LogP contribution in [0.4, 0.5) is 10.5 Å². The quantitative estimate of drug-likeness (QED) is 0.635. The van der Waals surface area contributed by atoms with Gasteiger partial charge in [-0.25, -0.2) is 9.86 Å². The van der Waals surface area contributed by atoms with Crippen molar-refractivity contribution in [2.75, 3.05) is 25.7 Å². The van der Waals surface area contributed by atoms with Gasteiger partial charge >= 0.3 is 6.03 Å². The highest BCUT2D eigenvalue weighted by molar-refractivity contribution is 7.98. The van der Waals surface area contributed by atoms with Gasteiger partial charge in [-0.05, 0) is 30.5 Å². The highest BCUT2D eigenvalue weighted by Gasteiger charge is 2.06. The molecule has 0 aliphatic rings. The Morgan fingerprint density at radius 1 is 1.40 bits per heavy atom. The summed E-state index contributed by atoms with van der Waals surface area (Å²) in [5.74, 6) is 0. The van der Waals surface area contributed by atoms with Crippen molar-refractivity contribution in [2.45, 2.75) is 4.90 Å². The number of thioether (sulfide) groups is 1. The minimum atomic E-state index is -0.297. The second-order valence-corrected chi connectivity index (χ2v) is 3.72. The van der Waals surface area contributed by atoms with Crippen molar-refractivity contribution in [1.82, 2.24) is 5.06 Å². The van der Waals surface area contributed by atoms with Crippen molar-refractivity contribution < 1.29 is 9.63 Å². The summed E-state index contributed by atoms with van der Waals surface area (Å²) in [6.07, 6.45) is 2.01. The van der Waals surface area contributed by atoms with Crippen LogP contribution < -0.4 is 5.32 Å². The van der Waals surface area contributed by atoms with Crippen LogP contribution in [0.1, 0.15) is 0 Å². The molecule has 0 saturated carbocycles. The summed E-state index contributed by atoms with van der Waals surface area (Å²) >= 11 is 1.66. The molecule has 0 spiro atoms.